The molecule has 0 aliphatic carbocycles. The predicted octanol–water partition coefficient (Wildman–Crippen LogP) is 2.97. The third kappa shape index (κ3) is 3.02. The molecule has 2 heterocycles. The van der Waals surface area contributed by atoms with E-state index < -0.39 is 0 Å². The van der Waals surface area contributed by atoms with Gasteiger partial charge in [0.25, 0.3) is 0 Å². The second kappa shape index (κ2) is 5.93. The van der Waals surface area contributed by atoms with Gasteiger partial charge in [-0.3, -0.25) is 0 Å². The van der Waals surface area contributed by atoms with Crippen molar-refractivity contribution in [2.75, 3.05) is 6.54 Å². The Morgan fingerprint density at radius 1 is 1.50 bits per heavy atom. The second-order valence-corrected chi connectivity index (χ2v) is 5.98. The van der Waals surface area contributed by atoms with Crippen LogP contribution in [0.4, 0.5) is 4.39 Å². The maximum Gasteiger partial charge on any atom is 0.231 e. The van der Waals surface area contributed by atoms with Crippen molar-refractivity contribution in [2.45, 2.75) is 36.0 Å². The van der Waals surface area contributed by atoms with Gasteiger partial charge in [0.05, 0.1) is 11.7 Å². The van der Waals surface area contributed by atoms with Crippen LogP contribution in [0.15, 0.2) is 33.7 Å². The first-order valence-electron chi connectivity index (χ1n) is 6.66. The van der Waals surface area contributed by atoms with Gasteiger partial charge < -0.3 is 9.84 Å². The normalized spacial score (nSPS) is 22.3. The SMILES string of the molecule is CC1NCCC1c1nc(CSc2cccc(F)c2)no1. The first kappa shape index (κ1) is 13.6. The average molecular weight is 293 g/mol. The van der Waals surface area contributed by atoms with E-state index >= 15 is 0 Å². The van der Waals surface area contributed by atoms with E-state index in [-0.39, 0.29) is 5.82 Å². The smallest absolute Gasteiger partial charge is 0.231 e. The topological polar surface area (TPSA) is 51.0 Å². The number of benzene rings is 1. The van der Waals surface area contributed by atoms with Crippen molar-refractivity contribution in [1.82, 2.24) is 15.5 Å². The van der Waals surface area contributed by atoms with Gasteiger partial charge in [0.1, 0.15) is 5.82 Å². The van der Waals surface area contributed by atoms with Gasteiger partial charge in [-0.25, -0.2) is 4.39 Å². The maximum absolute atomic E-state index is 13.1. The molecule has 2 aromatic rings. The Morgan fingerprint density at radius 2 is 2.40 bits per heavy atom. The van der Waals surface area contributed by atoms with Crippen LogP contribution < -0.4 is 5.32 Å². The summed E-state index contributed by atoms with van der Waals surface area (Å²) in [6, 6.07) is 6.89. The fourth-order valence-electron chi connectivity index (χ4n) is 2.38. The molecule has 0 spiro atoms. The Kier molecular flexibility index (Phi) is 4.03. The number of rotatable bonds is 4. The Balaban J connectivity index is 1.63. The molecule has 2 atom stereocenters. The van der Waals surface area contributed by atoms with Gasteiger partial charge in [0.2, 0.25) is 5.89 Å². The van der Waals surface area contributed by atoms with E-state index in [0.29, 0.717) is 29.4 Å². The minimum atomic E-state index is -0.227. The molecule has 1 aliphatic heterocycles. The molecule has 0 bridgehead atoms. The summed E-state index contributed by atoms with van der Waals surface area (Å²) in [6.45, 7) is 3.12. The Bertz CT molecular complexity index is 589. The molecule has 3 rings (SSSR count). The number of halogens is 1. The van der Waals surface area contributed by atoms with Crippen molar-refractivity contribution in [3.8, 4) is 0 Å². The van der Waals surface area contributed by atoms with Crippen LogP contribution in [0.2, 0.25) is 0 Å². The third-order valence-electron chi connectivity index (χ3n) is 3.49. The van der Waals surface area contributed by atoms with Gasteiger partial charge in [0.15, 0.2) is 5.82 Å². The molecule has 1 saturated heterocycles. The number of aromatic nitrogens is 2. The number of thioether (sulfide) groups is 1. The highest BCUT2D eigenvalue weighted by Crippen LogP contribution is 2.27. The summed E-state index contributed by atoms with van der Waals surface area (Å²) in [6.07, 6.45) is 1.03. The minimum absolute atomic E-state index is 0.227. The van der Waals surface area contributed by atoms with Crippen molar-refractivity contribution in [2.24, 2.45) is 0 Å². The fraction of sp³-hybridized carbons (Fsp3) is 0.429. The zero-order valence-corrected chi connectivity index (χ0v) is 12.0. The van der Waals surface area contributed by atoms with Gasteiger partial charge in [-0.2, -0.15) is 4.98 Å². The molecule has 0 saturated carbocycles. The largest absolute Gasteiger partial charge is 0.339 e. The van der Waals surface area contributed by atoms with Crippen molar-refractivity contribution in [1.29, 1.82) is 0 Å². The van der Waals surface area contributed by atoms with Crippen LogP contribution in [0, 0.1) is 5.82 Å². The van der Waals surface area contributed by atoms with Crippen molar-refractivity contribution < 1.29 is 8.91 Å². The minimum Gasteiger partial charge on any atom is -0.339 e. The lowest BCUT2D eigenvalue weighted by Crippen LogP contribution is -2.21. The standard InChI is InChI=1S/C14H16FN3OS/c1-9-12(5-6-16-9)14-17-13(18-19-14)8-20-11-4-2-3-10(15)7-11/h2-4,7,9,12,16H,5-6,8H2,1H3. The molecule has 20 heavy (non-hydrogen) atoms. The Labute approximate surface area is 121 Å². The first-order chi connectivity index (χ1) is 9.72. The van der Waals surface area contributed by atoms with E-state index in [1.165, 1.54) is 23.9 Å². The summed E-state index contributed by atoms with van der Waals surface area (Å²) >= 11 is 1.50. The number of nitrogens with one attached hydrogen (secondary N) is 1. The monoisotopic (exact) mass is 293 g/mol. The van der Waals surface area contributed by atoms with E-state index in [1.54, 1.807) is 6.07 Å². The van der Waals surface area contributed by atoms with E-state index in [1.807, 2.05) is 6.07 Å². The van der Waals surface area contributed by atoms with Gasteiger partial charge in [-0.1, -0.05) is 11.2 Å². The Hall–Kier alpha value is -1.40. The Morgan fingerprint density at radius 3 is 3.15 bits per heavy atom. The zero-order valence-electron chi connectivity index (χ0n) is 11.2. The summed E-state index contributed by atoms with van der Waals surface area (Å²) in [5.74, 6) is 2.03. The predicted molar refractivity (Wildman–Crippen MR) is 75.1 cm³/mol. The highest BCUT2D eigenvalue weighted by Gasteiger charge is 2.29. The van der Waals surface area contributed by atoms with Gasteiger partial charge in [-0.05, 0) is 38.1 Å². The molecule has 1 N–H and O–H groups in total. The molecule has 0 amide bonds. The van der Waals surface area contributed by atoms with Crippen LogP contribution in [0.1, 0.15) is 31.0 Å². The number of nitrogens with zero attached hydrogens (tertiary/aromatic N) is 2. The lowest BCUT2D eigenvalue weighted by molar-refractivity contribution is 0.342. The van der Waals surface area contributed by atoms with Gasteiger partial charge >= 0.3 is 0 Å². The van der Waals surface area contributed by atoms with Crippen molar-refractivity contribution in [3.05, 3.63) is 41.8 Å². The van der Waals surface area contributed by atoms with Crippen LogP contribution >= 0.6 is 11.8 Å². The van der Waals surface area contributed by atoms with Crippen LogP contribution in [0.3, 0.4) is 0 Å². The molecule has 106 valence electrons. The number of hydrogen-bond donors (Lipinski definition) is 1. The average Bonchev–Trinajstić information content (AvgIpc) is 3.05. The highest BCUT2D eigenvalue weighted by molar-refractivity contribution is 7.98. The highest BCUT2D eigenvalue weighted by atomic mass is 32.2. The summed E-state index contributed by atoms with van der Waals surface area (Å²) in [4.78, 5) is 5.32. The fourth-order valence-corrected chi connectivity index (χ4v) is 3.16. The number of hydrogen-bond acceptors (Lipinski definition) is 5. The van der Waals surface area contributed by atoms with E-state index in [9.17, 15) is 4.39 Å². The van der Waals surface area contributed by atoms with Crippen LogP contribution in [-0.2, 0) is 5.75 Å². The van der Waals surface area contributed by atoms with Crippen molar-refractivity contribution >= 4 is 11.8 Å². The molecule has 0 radical (unpaired) electrons. The molecule has 6 heteroatoms. The lowest BCUT2D eigenvalue weighted by Gasteiger charge is -2.08. The van der Waals surface area contributed by atoms with Gasteiger partial charge in [-0.15, -0.1) is 11.8 Å². The van der Waals surface area contributed by atoms with E-state index in [0.717, 1.165) is 17.9 Å². The third-order valence-corrected chi connectivity index (χ3v) is 4.48. The van der Waals surface area contributed by atoms with E-state index in [4.69, 9.17) is 4.52 Å². The molecule has 4 nitrogen and oxygen atoms in total. The van der Waals surface area contributed by atoms with Gasteiger partial charge in [0, 0.05) is 10.9 Å². The molecular weight excluding hydrogens is 277 g/mol. The second-order valence-electron chi connectivity index (χ2n) is 4.93. The quantitative estimate of drug-likeness (QED) is 0.878. The van der Waals surface area contributed by atoms with E-state index in [2.05, 4.69) is 22.4 Å². The summed E-state index contributed by atoms with van der Waals surface area (Å²) in [5.41, 5.74) is 0. The molecule has 1 aromatic heterocycles. The molecule has 2 unspecified atom stereocenters. The molecular formula is C14H16FN3OS. The summed E-state index contributed by atoms with van der Waals surface area (Å²) < 4.78 is 18.4. The maximum atomic E-state index is 13.1. The van der Waals surface area contributed by atoms with Crippen LogP contribution in [-0.4, -0.2) is 22.7 Å². The zero-order chi connectivity index (χ0) is 13.9. The molecule has 1 aromatic carbocycles. The molecule has 1 aliphatic rings. The summed E-state index contributed by atoms with van der Waals surface area (Å²) in [5, 5.41) is 7.37. The van der Waals surface area contributed by atoms with Crippen LogP contribution in [0.5, 0.6) is 0 Å². The molecule has 1 fully saturated rings. The summed E-state index contributed by atoms with van der Waals surface area (Å²) in [7, 11) is 0. The van der Waals surface area contributed by atoms with Crippen LogP contribution in [0.25, 0.3) is 0 Å². The van der Waals surface area contributed by atoms with Crippen molar-refractivity contribution in [3.63, 3.8) is 0 Å². The first-order valence-corrected chi connectivity index (χ1v) is 7.65. The lowest BCUT2D eigenvalue weighted by atomic mass is 10.0.